The number of dihydropyridines is 1. The maximum atomic E-state index is 13.4. The number of nitrogens with one attached hydrogen (secondary N) is 1. The third-order valence-corrected chi connectivity index (χ3v) is 6.88. The van der Waals surface area contributed by atoms with E-state index in [4.69, 9.17) is 25.8 Å². The van der Waals surface area contributed by atoms with Crippen LogP contribution in [-0.4, -0.2) is 26.0 Å². The van der Waals surface area contributed by atoms with Gasteiger partial charge in [0.25, 0.3) is 0 Å². The lowest BCUT2D eigenvalue weighted by atomic mass is 9.68. The molecule has 0 radical (unpaired) electrons. The van der Waals surface area contributed by atoms with Crippen molar-refractivity contribution in [2.45, 2.75) is 46.1 Å². The predicted octanol–water partition coefficient (Wildman–Crippen LogP) is 5.70. The lowest BCUT2D eigenvalue weighted by molar-refractivity contribution is -0.136. The van der Waals surface area contributed by atoms with Crippen LogP contribution in [-0.2, 0) is 20.9 Å². The number of ketones is 1. The van der Waals surface area contributed by atoms with Gasteiger partial charge in [-0.3, -0.25) is 4.79 Å². The van der Waals surface area contributed by atoms with Crippen molar-refractivity contribution >= 4 is 23.4 Å². The number of allylic oxidation sites excluding steroid dienone is 3. The summed E-state index contributed by atoms with van der Waals surface area (Å²) in [6, 6.07) is 13.0. The molecule has 2 aromatic carbocycles. The molecule has 0 saturated carbocycles. The summed E-state index contributed by atoms with van der Waals surface area (Å²) in [6.07, 6.45) is 1.13. The van der Waals surface area contributed by atoms with E-state index in [-0.39, 0.29) is 17.8 Å². The van der Waals surface area contributed by atoms with E-state index in [1.54, 1.807) is 13.2 Å². The third-order valence-electron chi connectivity index (χ3n) is 6.51. The largest absolute Gasteiger partial charge is 0.493 e. The number of methoxy groups -OCH3 is 2. The molecule has 0 spiro atoms. The third kappa shape index (κ3) is 4.94. The molecule has 1 atom stereocenters. The fraction of sp³-hybridized carbons (Fsp3) is 0.357. The molecule has 184 valence electrons. The summed E-state index contributed by atoms with van der Waals surface area (Å²) in [6.45, 7) is 6.27. The highest BCUT2D eigenvalue weighted by Gasteiger charge is 2.43. The van der Waals surface area contributed by atoms with Gasteiger partial charge in [-0.1, -0.05) is 49.7 Å². The maximum Gasteiger partial charge on any atom is 0.336 e. The van der Waals surface area contributed by atoms with E-state index >= 15 is 0 Å². The fourth-order valence-corrected chi connectivity index (χ4v) is 5.09. The van der Waals surface area contributed by atoms with Crippen molar-refractivity contribution in [3.63, 3.8) is 0 Å². The van der Waals surface area contributed by atoms with Gasteiger partial charge in [-0.2, -0.15) is 0 Å². The Balaban J connectivity index is 1.75. The summed E-state index contributed by atoms with van der Waals surface area (Å²) in [5.41, 5.74) is 4.03. The predicted molar refractivity (Wildman–Crippen MR) is 134 cm³/mol. The number of ether oxygens (including phenoxy) is 3. The van der Waals surface area contributed by atoms with Gasteiger partial charge in [0, 0.05) is 39.9 Å². The quantitative estimate of drug-likeness (QED) is 0.518. The lowest BCUT2D eigenvalue weighted by Crippen LogP contribution is -2.38. The number of benzene rings is 2. The first-order valence-corrected chi connectivity index (χ1v) is 11.9. The Bertz CT molecular complexity index is 1240. The van der Waals surface area contributed by atoms with E-state index in [0.717, 1.165) is 16.8 Å². The molecule has 0 saturated heterocycles. The van der Waals surface area contributed by atoms with Gasteiger partial charge >= 0.3 is 5.97 Å². The molecular weight excluding hydrogens is 466 g/mol. The highest BCUT2D eigenvalue weighted by Crippen LogP contribution is 2.47. The molecule has 7 heteroatoms. The van der Waals surface area contributed by atoms with E-state index in [0.29, 0.717) is 46.2 Å². The van der Waals surface area contributed by atoms with Gasteiger partial charge in [-0.25, -0.2) is 4.79 Å². The zero-order chi connectivity index (χ0) is 25.3. The Labute approximate surface area is 210 Å². The molecule has 0 fully saturated rings. The SMILES string of the molecule is COC(=O)C1=C(C)NC2=C(C(=O)CC(C)(C)C2)[C@@H]1c1ccc(OCc2ccccc2Cl)c(OC)c1. The Morgan fingerprint density at radius 2 is 1.86 bits per heavy atom. The molecule has 35 heavy (non-hydrogen) atoms. The van der Waals surface area contributed by atoms with Crippen LogP contribution in [0.5, 0.6) is 11.5 Å². The molecule has 1 heterocycles. The molecule has 0 amide bonds. The average molecular weight is 496 g/mol. The molecule has 4 rings (SSSR count). The second-order valence-corrected chi connectivity index (χ2v) is 10.1. The minimum atomic E-state index is -0.561. The van der Waals surface area contributed by atoms with Crippen LogP contribution in [0.4, 0.5) is 0 Å². The van der Waals surface area contributed by atoms with Crippen molar-refractivity contribution in [3.8, 4) is 11.5 Å². The van der Waals surface area contributed by atoms with Crippen LogP contribution in [0, 0.1) is 5.41 Å². The molecule has 1 aliphatic carbocycles. The first-order chi connectivity index (χ1) is 16.6. The fourth-order valence-electron chi connectivity index (χ4n) is 4.90. The minimum absolute atomic E-state index is 0.0284. The van der Waals surface area contributed by atoms with Crippen LogP contribution in [0.15, 0.2) is 65.0 Å². The Morgan fingerprint density at radius 1 is 1.11 bits per heavy atom. The topological polar surface area (TPSA) is 73.9 Å². The monoisotopic (exact) mass is 495 g/mol. The zero-order valence-electron chi connectivity index (χ0n) is 20.7. The smallest absolute Gasteiger partial charge is 0.336 e. The summed E-state index contributed by atoms with van der Waals surface area (Å²) in [7, 11) is 2.91. The Morgan fingerprint density at radius 3 is 2.54 bits per heavy atom. The highest BCUT2D eigenvalue weighted by molar-refractivity contribution is 6.31. The second-order valence-electron chi connectivity index (χ2n) is 9.71. The first-order valence-electron chi connectivity index (χ1n) is 11.5. The van der Waals surface area contributed by atoms with Gasteiger partial charge in [0.15, 0.2) is 17.3 Å². The number of hydrogen-bond donors (Lipinski definition) is 1. The number of hydrogen-bond acceptors (Lipinski definition) is 6. The maximum absolute atomic E-state index is 13.4. The normalized spacial score (nSPS) is 19.1. The molecule has 0 unspecified atom stereocenters. The highest BCUT2D eigenvalue weighted by atomic mass is 35.5. The Kier molecular flexibility index (Phi) is 6.95. The van der Waals surface area contributed by atoms with Crippen LogP contribution in [0.3, 0.4) is 0 Å². The summed E-state index contributed by atoms with van der Waals surface area (Å²) in [5, 5.41) is 3.95. The van der Waals surface area contributed by atoms with E-state index in [9.17, 15) is 9.59 Å². The van der Waals surface area contributed by atoms with Crippen LogP contribution in [0.2, 0.25) is 5.02 Å². The number of carbonyl (C=O) groups is 2. The number of Topliss-reactive ketones (excluding diaryl/α,β-unsaturated/α-hetero) is 1. The van der Waals surface area contributed by atoms with Crippen molar-refractivity contribution in [1.82, 2.24) is 5.32 Å². The van der Waals surface area contributed by atoms with Crippen molar-refractivity contribution in [2.24, 2.45) is 5.41 Å². The number of esters is 1. The molecule has 0 bridgehead atoms. The van der Waals surface area contributed by atoms with Gasteiger partial charge in [0.1, 0.15) is 6.61 Å². The van der Waals surface area contributed by atoms with E-state index in [1.807, 2.05) is 43.3 Å². The summed E-state index contributed by atoms with van der Waals surface area (Å²) in [4.78, 5) is 26.2. The van der Waals surface area contributed by atoms with E-state index in [1.165, 1.54) is 7.11 Å². The van der Waals surface area contributed by atoms with Gasteiger partial charge in [-0.15, -0.1) is 0 Å². The number of halogens is 1. The molecule has 2 aromatic rings. The summed E-state index contributed by atoms with van der Waals surface area (Å²) in [5.74, 6) is 0.0353. The summed E-state index contributed by atoms with van der Waals surface area (Å²) >= 11 is 6.26. The van der Waals surface area contributed by atoms with Gasteiger partial charge in [0.2, 0.25) is 0 Å². The minimum Gasteiger partial charge on any atom is -0.493 e. The van der Waals surface area contributed by atoms with Crippen LogP contribution < -0.4 is 14.8 Å². The van der Waals surface area contributed by atoms with Crippen molar-refractivity contribution in [1.29, 1.82) is 0 Å². The van der Waals surface area contributed by atoms with E-state index in [2.05, 4.69) is 19.2 Å². The molecular formula is C28H30ClNO5. The van der Waals surface area contributed by atoms with Gasteiger partial charge in [0.05, 0.1) is 19.8 Å². The zero-order valence-corrected chi connectivity index (χ0v) is 21.4. The molecule has 1 aliphatic heterocycles. The Hall–Kier alpha value is -3.25. The lowest BCUT2D eigenvalue weighted by Gasteiger charge is -2.39. The molecule has 6 nitrogen and oxygen atoms in total. The van der Waals surface area contributed by atoms with E-state index < -0.39 is 11.9 Å². The first kappa shape index (κ1) is 24.9. The van der Waals surface area contributed by atoms with Gasteiger partial charge < -0.3 is 19.5 Å². The van der Waals surface area contributed by atoms with Crippen LogP contribution >= 0.6 is 11.6 Å². The molecule has 1 N–H and O–H groups in total. The molecule has 0 aromatic heterocycles. The van der Waals surface area contributed by atoms with Crippen LogP contribution in [0.1, 0.15) is 50.7 Å². The van der Waals surface area contributed by atoms with Crippen molar-refractivity contribution in [2.75, 3.05) is 14.2 Å². The van der Waals surface area contributed by atoms with Crippen LogP contribution in [0.25, 0.3) is 0 Å². The number of rotatable bonds is 6. The molecule has 2 aliphatic rings. The number of carbonyl (C=O) groups excluding carboxylic acids is 2. The van der Waals surface area contributed by atoms with Gasteiger partial charge in [-0.05, 0) is 42.5 Å². The summed E-state index contributed by atoms with van der Waals surface area (Å²) < 4.78 is 16.7. The average Bonchev–Trinajstić information content (AvgIpc) is 2.81. The van der Waals surface area contributed by atoms with Crippen molar-refractivity contribution in [3.05, 3.63) is 81.2 Å². The second kappa shape index (κ2) is 9.78. The van der Waals surface area contributed by atoms with Crippen molar-refractivity contribution < 1.29 is 23.8 Å². The standard InChI is InChI=1S/C28H30ClNO5/c1-16-24(27(32)34-5)25(26-20(30-16)13-28(2,3)14-21(26)31)17-10-11-22(23(12-17)33-4)35-15-18-8-6-7-9-19(18)29/h6-12,25,30H,13-15H2,1-5H3/t25-/m1/s1.